The Balaban J connectivity index is 2.39. The highest BCUT2D eigenvalue weighted by atomic mass is 14.8. The molecule has 2 heteroatoms. The van der Waals surface area contributed by atoms with Crippen LogP contribution in [0.15, 0.2) is 49.4 Å². The standard InChI is InChI=1S/C12H10N2/c1-2-10-3-5-11(6-4-10)12-7-8-13-9-14-12/h2-9H,1H2. The van der Waals surface area contributed by atoms with Crippen molar-refractivity contribution in [1.29, 1.82) is 0 Å². The maximum absolute atomic E-state index is 4.17. The molecule has 1 aromatic heterocycles. The van der Waals surface area contributed by atoms with Crippen molar-refractivity contribution in [1.82, 2.24) is 9.97 Å². The van der Waals surface area contributed by atoms with Gasteiger partial charge in [0.1, 0.15) is 6.33 Å². The lowest BCUT2D eigenvalue weighted by molar-refractivity contribution is 1.17. The Kier molecular flexibility index (Phi) is 2.36. The van der Waals surface area contributed by atoms with Crippen LogP contribution in [-0.4, -0.2) is 9.97 Å². The van der Waals surface area contributed by atoms with Gasteiger partial charge >= 0.3 is 0 Å². The highest BCUT2D eigenvalue weighted by molar-refractivity contribution is 5.61. The predicted octanol–water partition coefficient (Wildman–Crippen LogP) is 2.79. The molecule has 0 aliphatic carbocycles. The van der Waals surface area contributed by atoms with Crippen molar-refractivity contribution in [3.63, 3.8) is 0 Å². The van der Waals surface area contributed by atoms with Crippen LogP contribution in [0.25, 0.3) is 17.3 Å². The molecule has 1 aromatic carbocycles. The van der Waals surface area contributed by atoms with Crippen molar-refractivity contribution in [3.05, 3.63) is 55.0 Å². The van der Waals surface area contributed by atoms with E-state index in [-0.39, 0.29) is 0 Å². The minimum Gasteiger partial charge on any atom is -0.245 e. The fourth-order valence-electron chi connectivity index (χ4n) is 1.25. The normalized spacial score (nSPS) is 9.71. The second kappa shape index (κ2) is 3.83. The van der Waals surface area contributed by atoms with Gasteiger partial charge in [-0.1, -0.05) is 36.9 Å². The SMILES string of the molecule is C=Cc1ccc(-c2ccncn2)cc1. The molecule has 0 saturated carbocycles. The molecule has 2 nitrogen and oxygen atoms in total. The molecule has 2 rings (SSSR count). The Bertz CT molecular complexity index is 418. The average Bonchev–Trinajstić information content (AvgIpc) is 2.30. The molecule has 0 radical (unpaired) electrons. The van der Waals surface area contributed by atoms with Crippen molar-refractivity contribution in [2.24, 2.45) is 0 Å². The molecule has 0 N–H and O–H groups in total. The van der Waals surface area contributed by atoms with Gasteiger partial charge in [0.2, 0.25) is 0 Å². The lowest BCUT2D eigenvalue weighted by Gasteiger charge is -1.99. The predicted molar refractivity (Wildman–Crippen MR) is 57.6 cm³/mol. The second-order valence-electron chi connectivity index (χ2n) is 2.92. The van der Waals surface area contributed by atoms with Crippen molar-refractivity contribution in [2.75, 3.05) is 0 Å². The first-order valence-corrected chi connectivity index (χ1v) is 4.39. The first-order chi connectivity index (χ1) is 6.90. The monoisotopic (exact) mass is 182 g/mol. The number of hydrogen-bond donors (Lipinski definition) is 0. The minimum atomic E-state index is 0.940. The van der Waals surface area contributed by atoms with E-state index in [2.05, 4.69) is 16.5 Å². The van der Waals surface area contributed by atoms with Gasteiger partial charge in [0, 0.05) is 11.8 Å². The Morgan fingerprint density at radius 2 is 1.86 bits per heavy atom. The maximum Gasteiger partial charge on any atom is 0.116 e. The zero-order valence-corrected chi connectivity index (χ0v) is 7.72. The molecule has 0 fully saturated rings. The van der Waals surface area contributed by atoms with Gasteiger partial charge in [-0.25, -0.2) is 9.97 Å². The van der Waals surface area contributed by atoms with Gasteiger partial charge in [-0.15, -0.1) is 0 Å². The molecule has 0 spiro atoms. The molecule has 68 valence electrons. The molecule has 0 aliphatic rings. The third kappa shape index (κ3) is 1.69. The molecule has 0 bridgehead atoms. The van der Waals surface area contributed by atoms with E-state index in [1.165, 1.54) is 0 Å². The quantitative estimate of drug-likeness (QED) is 0.713. The minimum absolute atomic E-state index is 0.940. The van der Waals surface area contributed by atoms with Gasteiger partial charge in [-0.2, -0.15) is 0 Å². The molecular formula is C12H10N2. The summed E-state index contributed by atoms with van der Waals surface area (Å²) in [6.07, 6.45) is 5.12. The molecule has 0 saturated heterocycles. The van der Waals surface area contributed by atoms with Crippen LogP contribution in [-0.2, 0) is 0 Å². The van der Waals surface area contributed by atoms with Gasteiger partial charge in [-0.3, -0.25) is 0 Å². The highest BCUT2D eigenvalue weighted by Gasteiger charge is 1.96. The van der Waals surface area contributed by atoms with E-state index in [0.29, 0.717) is 0 Å². The lowest BCUT2D eigenvalue weighted by atomic mass is 10.1. The van der Waals surface area contributed by atoms with Gasteiger partial charge < -0.3 is 0 Å². The summed E-state index contributed by atoms with van der Waals surface area (Å²) in [5.41, 5.74) is 3.15. The van der Waals surface area contributed by atoms with Crippen LogP contribution in [0, 0.1) is 0 Å². The fourth-order valence-corrected chi connectivity index (χ4v) is 1.25. The van der Waals surface area contributed by atoms with Crippen molar-refractivity contribution in [3.8, 4) is 11.3 Å². The molecule has 0 aliphatic heterocycles. The first-order valence-electron chi connectivity index (χ1n) is 4.39. The molecule has 2 aromatic rings. The van der Waals surface area contributed by atoms with E-state index in [1.807, 2.05) is 36.4 Å². The van der Waals surface area contributed by atoms with E-state index in [4.69, 9.17) is 0 Å². The van der Waals surface area contributed by atoms with Gasteiger partial charge in [0.25, 0.3) is 0 Å². The van der Waals surface area contributed by atoms with Gasteiger partial charge in [-0.05, 0) is 11.6 Å². The Labute approximate surface area is 83.0 Å². The van der Waals surface area contributed by atoms with E-state index in [1.54, 1.807) is 12.5 Å². The number of rotatable bonds is 2. The van der Waals surface area contributed by atoms with E-state index in [0.717, 1.165) is 16.8 Å². The molecule has 1 heterocycles. The summed E-state index contributed by atoms with van der Waals surface area (Å²) in [6, 6.07) is 9.98. The summed E-state index contributed by atoms with van der Waals surface area (Å²) >= 11 is 0. The Morgan fingerprint density at radius 1 is 1.07 bits per heavy atom. The summed E-state index contributed by atoms with van der Waals surface area (Å²) in [5.74, 6) is 0. The number of hydrogen-bond acceptors (Lipinski definition) is 2. The smallest absolute Gasteiger partial charge is 0.116 e. The zero-order valence-electron chi connectivity index (χ0n) is 7.72. The molecule has 14 heavy (non-hydrogen) atoms. The van der Waals surface area contributed by atoms with Crippen molar-refractivity contribution >= 4 is 6.08 Å². The molecule has 0 amide bonds. The Morgan fingerprint density at radius 3 is 2.43 bits per heavy atom. The number of benzene rings is 1. The maximum atomic E-state index is 4.17. The first kappa shape index (κ1) is 8.63. The lowest BCUT2D eigenvalue weighted by Crippen LogP contribution is -1.83. The molecule has 0 atom stereocenters. The molecular weight excluding hydrogens is 172 g/mol. The molecule has 0 unspecified atom stereocenters. The number of nitrogens with zero attached hydrogens (tertiary/aromatic N) is 2. The van der Waals surface area contributed by atoms with Gasteiger partial charge in [0.15, 0.2) is 0 Å². The third-order valence-corrected chi connectivity index (χ3v) is 2.02. The van der Waals surface area contributed by atoms with E-state index in [9.17, 15) is 0 Å². The summed E-state index contributed by atoms with van der Waals surface area (Å²) in [4.78, 5) is 8.04. The van der Waals surface area contributed by atoms with Crippen LogP contribution in [0.1, 0.15) is 5.56 Å². The van der Waals surface area contributed by atoms with Crippen molar-refractivity contribution in [2.45, 2.75) is 0 Å². The average molecular weight is 182 g/mol. The summed E-state index contributed by atoms with van der Waals surface area (Å²) < 4.78 is 0. The number of aromatic nitrogens is 2. The van der Waals surface area contributed by atoms with Crippen LogP contribution in [0.3, 0.4) is 0 Å². The van der Waals surface area contributed by atoms with E-state index < -0.39 is 0 Å². The zero-order chi connectivity index (χ0) is 9.80. The van der Waals surface area contributed by atoms with Crippen molar-refractivity contribution < 1.29 is 0 Å². The van der Waals surface area contributed by atoms with Gasteiger partial charge in [0.05, 0.1) is 5.69 Å². The summed E-state index contributed by atoms with van der Waals surface area (Å²) in [7, 11) is 0. The third-order valence-electron chi connectivity index (χ3n) is 2.02. The second-order valence-corrected chi connectivity index (χ2v) is 2.92. The summed E-state index contributed by atoms with van der Waals surface area (Å²) in [5, 5.41) is 0. The Hall–Kier alpha value is -1.96. The van der Waals surface area contributed by atoms with Crippen LogP contribution in [0.4, 0.5) is 0 Å². The summed E-state index contributed by atoms with van der Waals surface area (Å²) in [6.45, 7) is 3.71. The van der Waals surface area contributed by atoms with Crippen LogP contribution < -0.4 is 0 Å². The van der Waals surface area contributed by atoms with E-state index >= 15 is 0 Å². The largest absolute Gasteiger partial charge is 0.245 e. The van der Waals surface area contributed by atoms with Crippen LogP contribution in [0.2, 0.25) is 0 Å². The highest BCUT2D eigenvalue weighted by Crippen LogP contribution is 2.16. The topological polar surface area (TPSA) is 25.8 Å². The fraction of sp³-hybridized carbons (Fsp3) is 0. The van der Waals surface area contributed by atoms with Crippen LogP contribution >= 0.6 is 0 Å². The van der Waals surface area contributed by atoms with Crippen LogP contribution in [0.5, 0.6) is 0 Å².